The van der Waals surface area contributed by atoms with Crippen LogP contribution in [0.5, 0.6) is 11.5 Å². The van der Waals surface area contributed by atoms with Gasteiger partial charge in [0.05, 0.1) is 5.54 Å². The van der Waals surface area contributed by atoms with Gasteiger partial charge in [0, 0.05) is 11.3 Å². The molecule has 0 radical (unpaired) electrons. The maximum atomic E-state index is 12.2. The highest BCUT2D eigenvalue weighted by Crippen LogP contribution is 2.35. The number of hydrogen-bond donors (Lipinski definition) is 1. The van der Waals surface area contributed by atoms with Crippen molar-refractivity contribution in [1.29, 1.82) is 0 Å². The first-order valence-electron chi connectivity index (χ1n) is 9.34. The molecule has 0 spiro atoms. The Hall–Kier alpha value is -3.27. The minimum Gasteiger partial charge on any atom is -0.482 e. The molecule has 3 aromatic carbocycles. The Balaban J connectivity index is 1.42. The van der Waals surface area contributed by atoms with Crippen LogP contribution >= 0.6 is 0 Å². The van der Waals surface area contributed by atoms with Crippen molar-refractivity contribution in [2.24, 2.45) is 0 Å². The first-order valence-corrected chi connectivity index (χ1v) is 9.34. The molecule has 4 rings (SSSR count). The van der Waals surface area contributed by atoms with Crippen molar-refractivity contribution in [3.63, 3.8) is 0 Å². The van der Waals surface area contributed by atoms with Gasteiger partial charge in [-0.2, -0.15) is 0 Å². The van der Waals surface area contributed by atoms with Gasteiger partial charge in [0.15, 0.2) is 6.61 Å². The Labute approximate surface area is 164 Å². The highest BCUT2D eigenvalue weighted by molar-refractivity contribution is 5.84. The fraction of sp³-hybridized carbons (Fsp3) is 0.208. The predicted octanol–water partition coefficient (Wildman–Crippen LogP) is 5.43. The maximum Gasteiger partial charge on any atom is 0.349 e. The molecule has 0 unspecified atom stereocenters. The van der Waals surface area contributed by atoms with Gasteiger partial charge in [-0.3, -0.25) is 0 Å². The summed E-state index contributed by atoms with van der Waals surface area (Å²) in [6, 6.07) is 19.4. The van der Waals surface area contributed by atoms with Crippen molar-refractivity contribution in [1.82, 2.24) is 0 Å². The summed E-state index contributed by atoms with van der Waals surface area (Å²) in [7, 11) is 0. The molecule has 0 bridgehead atoms. The highest BCUT2D eigenvalue weighted by atomic mass is 16.6. The van der Waals surface area contributed by atoms with Crippen LogP contribution in [-0.4, -0.2) is 18.1 Å². The van der Waals surface area contributed by atoms with Crippen molar-refractivity contribution in [2.45, 2.75) is 26.3 Å². The number of ether oxygens (including phenoxy) is 2. The zero-order valence-electron chi connectivity index (χ0n) is 16.3. The topological polar surface area (TPSA) is 47.6 Å². The number of allylic oxidation sites excluding steroid dienone is 1. The Morgan fingerprint density at radius 3 is 2.54 bits per heavy atom. The summed E-state index contributed by atoms with van der Waals surface area (Å²) in [6.07, 6.45) is 2.17. The van der Waals surface area contributed by atoms with Crippen molar-refractivity contribution in [3.05, 3.63) is 72.3 Å². The van der Waals surface area contributed by atoms with Crippen LogP contribution in [0, 0.1) is 0 Å². The third-order valence-corrected chi connectivity index (χ3v) is 4.76. The Kier molecular flexibility index (Phi) is 4.55. The van der Waals surface area contributed by atoms with E-state index in [4.69, 9.17) is 9.47 Å². The van der Waals surface area contributed by atoms with Gasteiger partial charge in [-0.25, -0.2) is 4.79 Å². The van der Waals surface area contributed by atoms with Crippen molar-refractivity contribution < 1.29 is 14.3 Å². The van der Waals surface area contributed by atoms with E-state index >= 15 is 0 Å². The van der Waals surface area contributed by atoms with Gasteiger partial charge in [0.2, 0.25) is 0 Å². The highest BCUT2D eigenvalue weighted by Gasteiger charge is 2.22. The van der Waals surface area contributed by atoms with Crippen molar-refractivity contribution in [3.8, 4) is 11.5 Å². The van der Waals surface area contributed by atoms with E-state index in [2.05, 4.69) is 32.2 Å². The normalized spacial score (nSPS) is 14.6. The number of nitrogens with one attached hydrogen (secondary N) is 1. The summed E-state index contributed by atoms with van der Waals surface area (Å²) in [5, 5.41) is 5.67. The molecular formula is C24H23NO3. The maximum absolute atomic E-state index is 12.2. The molecule has 0 saturated carbocycles. The summed E-state index contributed by atoms with van der Waals surface area (Å²) in [6.45, 7) is 6.17. The molecule has 0 aliphatic carbocycles. The number of benzene rings is 3. The second-order valence-corrected chi connectivity index (χ2v) is 7.65. The van der Waals surface area contributed by atoms with Gasteiger partial charge >= 0.3 is 5.97 Å². The lowest BCUT2D eigenvalue weighted by atomic mass is 9.91. The molecule has 0 fully saturated rings. The van der Waals surface area contributed by atoms with E-state index < -0.39 is 5.97 Å². The molecule has 1 N–H and O–H groups in total. The number of esters is 1. The lowest BCUT2D eigenvalue weighted by molar-refractivity contribution is -0.136. The molecular weight excluding hydrogens is 350 g/mol. The Morgan fingerprint density at radius 1 is 0.964 bits per heavy atom. The molecule has 0 amide bonds. The van der Waals surface area contributed by atoms with Crippen molar-refractivity contribution >= 4 is 28.0 Å². The first-order chi connectivity index (χ1) is 13.4. The summed E-state index contributed by atoms with van der Waals surface area (Å²) in [4.78, 5) is 12.2. The number of carbonyl (C=O) groups is 1. The average molecular weight is 373 g/mol. The predicted molar refractivity (Wildman–Crippen MR) is 113 cm³/mol. The van der Waals surface area contributed by atoms with Gasteiger partial charge in [-0.15, -0.1) is 0 Å². The minimum atomic E-state index is -0.432. The van der Waals surface area contributed by atoms with Crippen LogP contribution in [0.25, 0.3) is 16.3 Å². The number of carbonyl (C=O) groups excluding carboxylic acids is 1. The molecule has 1 aliphatic heterocycles. The third-order valence-electron chi connectivity index (χ3n) is 4.76. The standard InChI is InChI=1S/C24H23NO3/c1-16-14-24(2,3)25-22-11-10-20(13-21(16)22)28-23(26)15-27-19-9-8-17-6-4-5-7-18(17)12-19/h4-14,25H,15H2,1-3H3. The fourth-order valence-electron chi connectivity index (χ4n) is 3.58. The van der Waals surface area contributed by atoms with Crippen LogP contribution in [0.3, 0.4) is 0 Å². The van der Waals surface area contributed by atoms with Gasteiger partial charge < -0.3 is 14.8 Å². The smallest absolute Gasteiger partial charge is 0.349 e. The van der Waals surface area contributed by atoms with Crippen LogP contribution < -0.4 is 14.8 Å². The molecule has 142 valence electrons. The quantitative estimate of drug-likeness (QED) is 0.489. The zero-order valence-corrected chi connectivity index (χ0v) is 16.3. The van der Waals surface area contributed by atoms with Crippen LogP contribution in [0.15, 0.2) is 66.7 Å². The van der Waals surface area contributed by atoms with Gasteiger partial charge in [-0.05, 0) is 67.4 Å². The van der Waals surface area contributed by atoms with Crippen molar-refractivity contribution in [2.75, 3.05) is 11.9 Å². The molecule has 4 heteroatoms. The summed E-state index contributed by atoms with van der Waals surface area (Å²) in [5.41, 5.74) is 3.14. The fourth-order valence-corrected chi connectivity index (χ4v) is 3.58. The first kappa shape index (κ1) is 18.1. The Morgan fingerprint density at radius 2 is 1.71 bits per heavy atom. The third kappa shape index (κ3) is 3.86. The number of hydrogen-bond acceptors (Lipinski definition) is 4. The number of fused-ring (bicyclic) bond motifs is 2. The van der Waals surface area contributed by atoms with Gasteiger partial charge in [-0.1, -0.05) is 36.4 Å². The van der Waals surface area contributed by atoms with E-state index in [0.29, 0.717) is 11.5 Å². The van der Waals surface area contributed by atoms with Crippen LogP contribution in [0.2, 0.25) is 0 Å². The van der Waals surface area contributed by atoms with Gasteiger partial charge in [0.25, 0.3) is 0 Å². The lowest BCUT2D eigenvalue weighted by Crippen LogP contribution is -2.31. The van der Waals surface area contributed by atoms with Crippen LogP contribution in [0.4, 0.5) is 5.69 Å². The molecule has 4 nitrogen and oxygen atoms in total. The number of rotatable bonds is 4. The van der Waals surface area contributed by atoms with E-state index in [1.807, 2.05) is 54.6 Å². The van der Waals surface area contributed by atoms with E-state index in [1.165, 1.54) is 0 Å². The lowest BCUT2D eigenvalue weighted by Gasteiger charge is -2.31. The Bertz CT molecular complexity index is 1080. The van der Waals surface area contributed by atoms with E-state index in [-0.39, 0.29) is 12.1 Å². The molecule has 0 saturated heterocycles. The molecule has 1 heterocycles. The molecule has 3 aromatic rings. The largest absolute Gasteiger partial charge is 0.482 e. The zero-order chi connectivity index (χ0) is 19.7. The molecule has 0 atom stereocenters. The summed E-state index contributed by atoms with van der Waals surface area (Å²) < 4.78 is 11.1. The average Bonchev–Trinajstić information content (AvgIpc) is 2.66. The minimum absolute atomic E-state index is 0.0943. The van der Waals surface area contributed by atoms with E-state index in [9.17, 15) is 4.79 Å². The second-order valence-electron chi connectivity index (χ2n) is 7.65. The van der Waals surface area contributed by atoms with E-state index in [1.54, 1.807) is 6.07 Å². The monoisotopic (exact) mass is 373 g/mol. The van der Waals surface area contributed by atoms with Crippen LogP contribution in [-0.2, 0) is 4.79 Å². The van der Waals surface area contributed by atoms with Crippen LogP contribution in [0.1, 0.15) is 26.3 Å². The number of anilines is 1. The SMILES string of the molecule is CC1=CC(C)(C)Nc2ccc(OC(=O)COc3ccc4ccccc4c3)cc21. The molecule has 0 aromatic heterocycles. The summed E-state index contributed by atoms with van der Waals surface area (Å²) >= 11 is 0. The molecule has 1 aliphatic rings. The van der Waals surface area contributed by atoms with E-state index in [0.717, 1.165) is 27.6 Å². The second kappa shape index (κ2) is 7.04. The summed E-state index contributed by atoms with van der Waals surface area (Å²) in [5.74, 6) is 0.727. The molecule has 28 heavy (non-hydrogen) atoms. The van der Waals surface area contributed by atoms with Gasteiger partial charge in [0.1, 0.15) is 11.5 Å².